The van der Waals surface area contributed by atoms with E-state index in [9.17, 15) is 4.79 Å². The third-order valence-electron chi connectivity index (χ3n) is 5.18. The fourth-order valence-electron chi connectivity index (χ4n) is 3.78. The van der Waals surface area contributed by atoms with Crippen molar-refractivity contribution >= 4 is 28.2 Å². The van der Waals surface area contributed by atoms with E-state index < -0.39 is 0 Å². The Morgan fingerprint density at radius 2 is 1.54 bits per heavy atom. The molecule has 1 amide bonds. The second kappa shape index (κ2) is 6.82. The maximum atomic E-state index is 13.0. The molecule has 0 fully saturated rings. The lowest BCUT2D eigenvalue weighted by Crippen LogP contribution is -2.21. The zero-order valence-corrected chi connectivity index (χ0v) is 15.3. The highest BCUT2D eigenvalue weighted by Crippen LogP contribution is 2.31. The van der Waals surface area contributed by atoms with Crippen molar-refractivity contribution in [3.8, 4) is 0 Å². The topological polar surface area (TPSA) is 45.2 Å². The number of anilines is 2. The van der Waals surface area contributed by atoms with E-state index >= 15 is 0 Å². The first-order chi connectivity index (χ1) is 13.8. The highest BCUT2D eigenvalue weighted by molar-refractivity contribution is 6.08. The normalized spacial score (nSPS) is 12.8. The zero-order chi connectivity index (χ0) is 18.9. The number of hydrogen-bond acceptors (Lipinski definition) is 3. The second-order valence-electron chi connectivity index (χ2n) is 7.01. The third-order valence-corrected chi connectivity index (χ3v) is 5.18. The van der Waals surface area contributed by atoms with Crippen molar-refractivity contribution < 1.29 is 4.79 Å². The summed E-state index contributed by atoms with van der Waals surface area (Å²) in [5, 5.41) is 4.01. The number of fused-ring (bicyclic) bond motifs is 2. The summed E-state index contributed by atoms with van der Waals surface area (Å²) in [6, 6.07) is 26.0. The van der Waals surface area contributed by atoms with Crippen molar-refractivity contribution in [3.05, 3.63) is 102 Å². The molecule has 0 unspecified atom stereocenters. The molecule has 0 spiro atoms. The molecule has 0 saturated heterocycles. The SMILES string of the molecule is O=C(Nc1cnc2ccccc2c1)c1ccccc1N1Cc2ccccc2C1. The van der Waals surface area contributed by atoms with Gasteiger partial charge in [0.1, 0.15) is 0 Å². The molecule has 1 aliphatic heterocycles. The number of benzene rings is 3. The summed E-state index contributed by atoms with van der Waals surface area (Å²) in [6.45, 7) is 1.63. The van der Waals surface area contributed by atoms with Gasteiger partial charge < -0.3 is 10.2 Å². The van der Waals surface area contributed by atoms with Gasteiger partial charge in [-0.1, -0.05) is 54.6 Å². The molecule has 1 aromatic heterocycles. The van der Waals surface area contributed by atoms with Gasteiger partial charge in [-0.2, -0.15) is 0 Å². The molecular weight excluding hydrogens is 346 g/mol. The van der Waals surface area contributed by atoms with E-state index in [0.29, 0.717) is 11.3 Å². The van der Waals surface area contributed by atoms with Crippen LogP contribution < -0.4 is 10.2 Å². The Kier molecular flexibility index (Phi) is 4.02. The first-order valence-electron chi connectivity index (χ1n) is 9.35. The van der Waals surface area contributed by atoms with Crippen LogP contribution in [0.15, 0.2) is 85.1 Å². The monoisotopic (exact) mass is 365 g/mol. The lowest BCUT2D eigenvalue weighted by Gasteiger charge is -2.21. The summed E-state index contributed by atoms with van der Waals surface area (Å²) < 4.78 is 0. The number of hydrogen-bond donors (Lipinski definition) is 1. The molecule has 1 N–H and O–H groups in total. The van der Waals surface area contributed by atoms with Crippen LogP contribution in [0.4, 0.5) is 11.4 Å². The van der Waals surface area contributed by atoms with E-state index in [1.165, 1.54) is 11.1 Å². The van der Waals surface area contributed by atoms with E-state index in [1.807, 2.05) is 54.6 Å². The lowest BCUT2D eigenvalue weighted by atomic mass is 10.1. The summed E-state index contributed by atoms with van der Waals surface area (Å²) >= 11 is 0. The quantitative estimate of drug-likeness (QED) is 0.555. The van der Waals surface area contributed by atoms with Gasteiger partial charge in [0.2, 0.25) is 0 Å². The van der Waals surface area contributed by atoms with Gasteiger partial charge in [-0.15, -0.1) is 0 Å². The van der Waals surface area contributed by atoms with Gasteiger partial charge in [0, 0.05) is 18.5 Å². The van der Waals surface area contributed by atoms with E-state index in [2.05, 4.69) is 39.5 Å². The average Bonchev–Trinajstić information content (AvgIpc) is 3.18. The number of carbonyl (C=O) groups excluding carboxylic acids is 1. The minimum absolute atomic E-state index is 0.122. The fraction of sp³-hybridized carbons (Fsp3) is 0.0833. The number of pyridine rings is 1. The van der Waals surface area contributed by atoms with Crippen molar-refractivity contribution in [3.63, 3.8) is 0 Å². The van der Waals surface area contributed by atoms with Gasteiger partial charge in [-0.05, 0) is 35.4 Å². The molecule has 5 rings (SSSR count). The highest BCUT2D eigenvalue weighted by atomic mass is 16.1. The molecule has 28 heavy (non-hydrogen) atoms. The molecule has 4 heteroatoms. The van der Waals surface area contributed by atoms with Crippen molar-refractivity contribution in [2.24, 2.45) is 0 Å². The van der Waals surface area contributed by atoms with Crippen LogP contribution in [0.25, 0.3) is 10.9 Å². The average molecular weight is 365 g/mol. The number of nitrogens with one attached hydrogen (secondary N) is 1. The molecule has 0 radical (unpaired) electrons. The van der Waals surface area contributed by atoms with Crippen LogP contribution >= 0.6 is 0 Å². The summed E-state index contributed by atoms with van der Waals surface area (Å²) in [6.07, 6.45) is 1.70. The zero-order valence-electron chi connectivity index (χ0n) is 15.3. The first kappa shape index (κ1) is 16.5. The van der Waals surface area contributed by atoms with E-state index in [4.69, 9.17) is 0 Å². The Morgan fingerprint density at radius 3 is 2.36 bits per heavy atom. The molecule has 0 atom stereocenters. The van der Waals surface area contributed by atoms with Gasteiger partial charge in [0.05, 0.1) is 28.7 Å². The van der Waals surface area contributed by atoms with Crippen LogP contribution in [0, 0.1) is 0 Å². The Bertz CT molecular complexity index is 1160. The number of carbonyl (C=O) groups is 1. The maximum absolute atomic E-state index is 13.0. The molecule has 4 nitrogen and oxygen atoms in total. The Balaban J connectivity index is 1.42. The summed E-state index contributed by atoms with van der Waals surface area (Å²) in [7, 11) is 0. The van der Waals surface area contributed by atoms with Gasteiger partial charge >= 0.3 is 0 Å². The Labute approximate surface area is 163 Å². The van der Waals surface area contributed by atoms with Crippen LogP contribution in [0.5, 0.6) is 0 Å². The van der Waals surface area contributed by atoms with E-state index in [0.717, 1.165) is 29.7 Å². The molecule has 4 aromatic rings. The van der Waals surface area contributed by atoms with Crippen LogP contribution in [-0.2, 0) is 13.1 Å². The first-order valence-corrected chi connectivity index (χ1v) is 9.35. The van der Waals surface area contributed by atoms with E-state index in [1.54, 1.807) is 6.20 Å². The number of para-hydroxylation sites is 2. The predicted molar refractivity (Wildman–Crippen MR) is 112 cm³/mol. The molecule has 1 aliphatic rings. The molecule has 136 valence electrons. The van der Waals surface area contributed by atoms with Crippen LogP contribution in [0.3, 0.4) is 0 Å². The summed E-state index contributed by atoms with van der Waals surface area (Å²) in [4.78, 5) is 19.7. The van der Waals surface area contributed by atoms with Gasteiger partial charge in [0.25, 0.3) is 5.91 Å². The fourth-order valence-corrected chi connectivity index (χ4v) is 3.78. The molecule has 3 aromatic carbocycles. The van der Waals surface area contributed by atoms with Crippen LogP contribution in [0.1, 0.15) is 21.5 Å². The Morgan fingerprint density at radius 1 is 0.857 bits per heavy atom. The summed E-state index contributed by atoms with van der Waals surface area (Å²) in [5.41, 5.74) is 5.86. The van der Waals surface area contributed by atoms with Gasteiger partial charge in [-0.3, -0.25) is 9.78 Å². The minimum atomic E-state index is -0.122. The standard InChI is InChI=1S/C24H19N3O/c28-24(26-20-13-17-7-3-5-11-22(17)25-14-20)21-10-4-6-12-23(21)27-15-18-8-1-2-9-19(18)16-27/h1-14H,15-16H2,(H,26,28). The minimum Gasteiger partial charge on any atom is -0.362 e. The predicted octanol–water partition coefficient (Wildman–Crippen LogP) is 5.01. The van der Waals surface area contributed by atoms with Crippen LogP contribution in [0.2, 0.25) is 0 Å². The second-order valence-corrected chi connectivity index (χ2v) is 7.01. The Hall–Kier alpha value is -3.66. The smallest absolute Gasteiger partial charge is 0.257 e. The van der Waals surface area contributed by atoms with Gasteiger partial charge in [0.15, 0.2) is 0 Å². The lowest BCUT2D eigenvalue weighted by molar-refractivity contribution is 0.102. The van der Waals surface area contributed by atoms with Gasteiger partial charge in [-0.25, -0.2) is 0 Å². The van der Waals surface area contributed by atoms with Crippen LogP contribution in [-0.4, -0.2) is 10.9 Å². The molecule has 0 bridgehead atoms. The molecule has 0 aliphatic carbocycles. The largest absolute Gasteiger partial charge is 0.362 e. The number of nitrogens with zero attached hydrogens (tertiary/aromatic N) is 2. The number of aromatic nitrogens is 1. The highest BCUT2D eigenvalue weighted by Gasteiger charge is 2.22. The molecular formula is C24H19N3O. The van der Waals surface area contributed by atoms with Crippen molar-refractivity contribution in [1.82, 2.24) is 4.98 Å². The third kappa shape index (κ3) is 2.99. The number of rotatable bonds is 3. The van der Waals surface area contributed by atoms with Crippen molar-refractivity contribution in [2.75, 3.05) is 10.2 Å². The molecule has 2 heterocycles. The molecule has 0 saturated carbocycles. The van der Waals surface area contributed by atoms with Crippen molar-refractivity contribution in [2.45, 2.75) is 13.1 Å². The van der Waals surface area contributed by atoms with Crippen molar-refractivity contribution in [1.29, 1.82) is 0 Å². The summed E-state index contributed by atoms with van der Waals surface area (Å²) in [5.74, 6) is -0.122. The number of amides is 1. The maximum Gasteiger partial charge on any atom is 0.257 e. The van der Waals surface area contributed by atoms with E-state index in [-0.39, 0.29) is 5.91 Å².